The van der Waals surface area contributed by atoms with Crippen molar-refractivity contribution < 1.29 is 19.4 Å². The van der Waals surface area contributed by atoms with Gasteiger partial charge in [-0.3, -0.25) is 9.89 Å². The Hall–Kier alpha value is -2.09. The Balaban J connectivity index is 2.32. The van der Waals surface area contributed by atoms with Crippen LogP contribution in [0.15, 0.2) is 6.20 Å². The van der Waals surface area contributed by atoms with Crippen LogP contribution in [-0.4, -0.2) is 65.6 Å². The van der Waals surface area contributed by atoms with E-state index < -0.39 is 12.0 Å². The SMILES string of the molecule is COCCN(CC(=O)O)C(=O)NCCCc1cn[nH]c1C. The van der Waals surface area contributed by atoms with Crippen molar-refractivity contribution >= 4 is 12.0 Å². The lowest BCUT2D eigenvalue weighted by Crippen LogP contribution is -2.44. The summed E-state index contributed by atoms with van der Waals surface area (Å²) >= 11 is 0. The Morgan fingerprint density at radius 1 is 1.52 bits per heavy atom. The Morgan fingerprint density at radius 3 is 2.86 bits per heavy atom. The van der Waals surface area contributed by atoms with E-state index in [1.54, 1.807) is 6.20 Å². The summed E-state index contributed by atoms with van der Waals surface area (Å²) in [7, 11) is 1.50. The molecule has 0 aromatic carbocycles. The number of aromatic amines is 1. The highest BCUT2D eigenvalue weighted by atomic mass is 16.5. The van der Waals surface area contributed by atoms with Gasteiger partial charge in [0.15, 0.2) is 0 Å². The molecule has 21 heavy (non-hydrogen) atoms. The number of ether oxygens (including phenoxy) is 1. The fourth-order valence-electron chi connectivity index (χ4n) is 1.83. The minimum Gasteiger partial charge on any atom is -0.480 e. The van der Waals surface area contributed by atoms with E-state index in [1.165, 1.54) is 12.0 Å². The second kappa shape index (κ2) is 8.96. The van der Waals surface area contributed by atoms with Gasteiger partial charge in [-0.1, -0.05) is 0 Å². The van der Waals surface area contributed by atoms with Crippen molar-refractivity contribution in [3.8, 4) is 0 Å². The molecule has 0 bridgehead atoms. The molecular weight excluding hydrogens is 276 g/mol. The second-order valence-electron chi connectivity index (χ2n) is 4.66. The van der Waals surface area contributed by atoms with E-state index in [4.69, 9.17) is 9.84 Å². The molecule has 1 rings (SSSR count). The molecule has 1 aromatic heterocycles. The highest BCUT2D eigenvalue weighted by Crippen LogP contribution is 2.05. The maximum absolute atomic E-state index is 11.9. The van der Waals surface area contributed by atoms with Gasteiger partial charge in [-0.2, -0.15) is 5.10 Å². The summed E-state index contributed by atoms with van der Waals surface area (Å²) in [5.41, 5.74) is 2.14. The van der Waals surface area contributed by atoms with Gasteiger partial charge >= 0.3 is 12.0 Å². The quantitative estimate of drug-likeness (QED) is 0.572. The van der Waals surface area contributed by atoms with E-state index in [2.05, 4.69) is 15.5 Å². The number of carbonyl (C=O) groups excluding carboxylic acids is 1. The largest absolute Gasteiger partial charge is 0.480 e. The number of carboxylic acids is 1. The van der Waals surface area contributed by atoms with Gasteiger partial charge in [-0.15, -0.1) is 0 Å². The van der Waals surface area contributed by atoms with Crippen molar-refractivity contribution in [1.29, 1.82) is 0 Å². The molecule has 0 aliphatic carbocycles. The molecule has 0 saturated carbocycles. The Kier molecular flexibility index (Phi) is 7.24. The predicted molar refractivity (Wildman–Crippen MR) is 76.1 cm³/mol. The van der Waals surface area contributed by atoms with Crippen LogP contribution in [0, 0.1) is 6.92 Å². The molecule has 3 N–H and O–H groups in total. The van der Waals surface area contributed by atoms with Crippen LogP contribution in [-0.2, 0) is 16.0 Å². The predicted octanol–water partition coefficient (Wildman–Crippen LogP) is 0.393. The Morgan fingerprint density at radius 2 is 2.29 bits per heavy atom. The minimum absolute atomic E-state index is 0.246. The standard InChI is InChI=1S/C13H22N4O4/c1-10-11(8-15-16-10)4-3-5-14-13(20)17(6-7-21-2)9-12(18)19/h8H,3-7,9H2,1-2H3,(H,14,20)(H,15,16)(H,18,19). The number of rotatable bonds is 9. The highest BCUT2D eigenvalue weighted by Gasteiger charge is 2.15. The van der Waals surface area contributed by atoms with Crippen LogP contribution in [0.2, 0.25) is 0 Å². The minimum atomic E-state index is -1.05. The molecule has 0 atom stereocenters. The summed E-state index contributed by atoms with van der Waals surface area (Å²) in [4.78, 5) is 23.8. The first kappa shape index (κ1) is 17.0. The summed E-state index contributed by atoms with van der Waals surface area (Å²) in [6.07, 6.45) is 3.34. The van der Waals surface area contributed by atoms with Gasteiger partial charge in [-0.25, -0.2) is 4.79 Å². The van der Waals surface area contributed by atoms with Crippen molar-refractivity contribution in [3.05, 3.63) is 17.5 Å². The van der Waals surface area contributed by atoms with Gasteiger partial charge in [0.05, 0.1) is 12.8 Å². The van der Waals surface area contributed by atoms with E-state index in [0.29, 0.717) is 13.2 Å². The van der Waals surface area contributed by atoms with Crippen molar-refractivity contribution in [1.82, 2.24) is 20.4 Å². The van der Waals surface area contributed by atoms with Crippen molar-refractivity contribution in [3.63, 3.8) is 0 Å². The van der Waals surface area contributed by atoms with Crippen LogP contribution >= 0.6 is 0 Å². The molecule has 118 valence electrons. The number of hydrogen-bond donors (Lipinski definition) is 3. The van der Waals surface area contributed by atoms with Crippen LogP contribution in [0.4, 0.5) is 4.79 Å². The Labute approximate surface area is 123 Å². The summed E-state index contributed by atoms with van der Waals surface area (Å²) in [5, 5.41) is 18.3. The molecule has 0 fully saturated rings. The zero-order valence-electron chi connectivity index (χ0n) is 12.4. The maximum atomic E-state index is 11.9. The molecule has 2 amide bonds. The number of methoxy groups -OCH3 is 1. The molecule has 8 nitrogen and oxygen atoms in total. The third-order valence-corrected chi connectivity index (χ3v) is 3.01. The number of nitrogens with one attached hydrogen (secondary N) is 2. The molecule has 8 heteroatoms. The van der Waals surface area contributed by atoms with Gasteiger partial charge < -0.3 is 20.1 Å². The molecule has 0 aliphatic rings. The first-order valence-corrected chi connectivity index (χ1v) is 6.77. The van der Waals surface area contributed by atoms with Crippen molar-refractivity contribution in [2.45, 2.75) is 19.8 Å². The lowest BCUT2D eigenvalue weighted by atomic mass is 10.1. The topological polar surface area (TPSA) is 108 Å². The first-order valence-electron chi connectivity index (χ1n) is 6.77. The first-order chi connectivity index (χ1) is 10.0. The number of aromatic nitrogens is 2. The Bertz CT molecular complexity index is 461. The van der Waals surface area contributed by atoms with E-state index in [-0.39, 0.29) is 13.1 Å². The highest BCUT2D eigenvalue weighted by molar-refractivity contribution is 5.80. The molecule has 0 aliphatic heterocycles. The number of aliphatic carboxylic acids is 1. The third kappa shape index (κ3) is 6.26. The van der Waals surface area contributed by atoms with E-state index in [1.807, 2.05) is 6.92 Å². The van der Waals surface area contributed by atoms with Crippen LogP contribution in [0.5, 0.6) is 0 Å². The smallest absolute Gasteiger partial charge is 0.323 e. The number of urea groups is 1. The summed E-state index contributed by atoms with van der Waals surface area (Å²) in [6, 6.07) is -0.390. The zero-order valence-corrected chi connectivity index (χ0v) is 12.4. The lowest BCUT2D eigenvalue weighted by Gasteiger charge is -2.20. The molecule has 0 spiro atoms. The molecule has 0 saturated heterocycles. The van der Waals surface area contributed by atoms with Gasteiger partial charge in [-0.05, 0) is 25.3 Å². The van der Waals surface area contributed by atoms with Gasteiger partial charge in [0.25, 0.3) is 0 Å². The number of carbonyl (C=O) groups is 2. The number of nitrogens with zero attached hydrogens (tertiary/aromatic N) is 2. The fraction of sp³-hybridized carbons (Fsp3) is 0.615. The molecular formula is C13H22N4O4. The lowest BCUT2D eigenvalue weighted by molar-refractivity contribution is -0.137. The summed E-state index contributed by atoms with van der Waals surface area (Å²) in [5.74, 6) is -1.05. The molecule has 1 heterocycles. The number of hydrogen-bond acceptors (Lipinski definition) is 4. The summed E-state index contributed by atoms with van der Waals surface area (Å²) in [6.45, 7) is 2.63. The van der Waals surface area contributed by atoms with Crippen molar-refractivity contribution in [2.24, 2.45) is 0 Å². The number of aryl methyl sites for hydroxylation is 2. The van der Waals surface area contributed by atoms with Crippen LogP contribution < -0.4 is 5.32 Å². The number of amides is 2. The molecule has 0 radical (unpaired) electrons. The van der Waals surface area contributed by atoms with Gasteiger partial charge in [0, 0.05) is 25.9 Å². The zero-order chi connectivity index (χ0) is 15.7. The summed E-state index contributed by atoms with van der Waals surface area (Å²) < 4.78 is 4.87. The average Bonchev–Trinajstić information content (AvgIpc) is 2.84. The van der Waals surface area contributed by atoms with Gasteiger partial charge in [0.1, 0.15) is 6.54 Å². The molecule has 0 unspecified atom stereocenters. The van der Waals surface area contributed by atoms with Crippen molar-refractivity contribution in [2.75, 3.05) is 33.4 Å². The van der Waals surface area contributed by atoms with Crippen LogP contribution in [0.25, 0.3) is 0 Å². The van der Waals surface area contributed by atoms with Gasteiger partial charge in [0.2, 0.25) is 0 Å². The monoisotopic (exact) mass is 298 g/mol. The fourth-order valence-corrected chi connectivity index (χ4v) is 1.83. The molecule has 1 aromatic rings. The van der Waals surface area contributed by atoms with Crippen LogP contribution in [0.1, 0.15) is 17.7 Å². The number of carboxylic acid groups (broad SMARTS) is 1. The van der Waals surface area contributed by atoms with E-state index in [0.717, 1.165) is 24.1 Å². The van der Waals surface area contributed by atoms with E-state index >= 15 is 0 Å². The second-order valence-corrected chi connectivity index (χ2v) is 4.66. The van der Waals surface area contributed by atoms with E-state index in [9.17, 15) is 9.59 Å². The normalized spacial score (nSPS) is 10.4. The average molecular weight is 298 g/mol. The van der Waals surface area contributed by atoms with Crippen LogP contribution in [0.3, 0.4) is 0 Å². The third-order valence-electron chi connectivity index (χ3n) is 3.01. The maximum Gasteiger partial charge on any atom is 0.323 e. The number of H-pyrrole nitrogens is 1.